The first kappa shape index (κ1) is 14.5. The topological polar surface area (TPSA) is 15.3 Å². The number of benzene rings is 2. The van der Waals surface area contributed by atoms with E-state index in [0.717, 1.165) is 10.9 Å². The van der Waals surface area contributed by atoms with E-state index in [1.807, 2.05) is 0 Å². The number of rotatable bonds is 3. The van der Waals surface area contributed by atoms with Gasteiger partial charge in [0.15, 0.2) is 0 Å². The fourth-order valence-corrected chi connectivity index (χ4v) is 3.43. The monoisotopic (exact) mass is 344 g/mol. The van der Waals surface area contributed by atoms with E-state index in [0.29, 0.717) is 6.04 Å². The number of aryl methyl sites for hydroxylation is 2. The Kier molecular flexibility index (Phi) is 3.94. The Morgan fingerprint density at radius 1 is 1.14 bits per heavy atom. The van der Waals surface area contributed by atoms with E-state index in [1.165, 1.54) is 34.5 Å². The van der Waals surface area contributed by atoms with Crippen LogP contribution in [0.4, 0.5) is 11.4 Å². The Hall–Kier alpha value is -1.48. The number of anilines is 2. The van der Waals surface area contributed by atoms with Crippen molar-refractivity contribution in [3.63, 3.8) is 0 Å². The molecule has 0 heterocycles. The lowest BCUT2D eigenvalue weighted by atomic mass is 10.0. The second-order valence-electron chi connectivity index (χ2n) is 5.99. The van der Waals surface area contributed by atoms with Crippen molar-refractivity contribution in [2.24, 2.45) is 0 Å². The molecule has 1 aliphatic carbocycles. The normalized spacial score (nSPS) is 16.7. The molecule has 0 aliphatic heterocycles. The Morgan fingerprint density at radius 3 is 2.71 bits per heavy atom. The number of nitrogens with one attached hydrogen (secondary N) is 1. The van der Waals surface area contributed by atoms with Crippen LogP contribution in [0, 0.1) is 6.92 Å². The summed E-state index contributed by atoms with van der Waals surface area (Å²) in [6.45, 7) is 2.17. The van der Waals surface area contributed by atoms with Crippen molar-refractivity contribution in [3.05, 3.63) is 57.6 Å². The highest BCUT2D eigenvalue weighted by Crippen LogP contribution is 2.37. The molecular formula is C18H21BrN2. The summed E-state index contributed by atoms with van der Waals surface area (Å²) in [5, 5.41) is 3.74. The van der Waals surface area contributed by atoms with Gasteiger partial charge < -0.3 is 10.2 Å². The van der Waals surface area contributed by atoms with Crippen LogP contribution in [0.1, 0.15) is 29.2 Å². The number of nitrogens with zero attached hydrogens (tertiary/aromatic N) is 1. The average molecular weight is 345 g/mol. The summed E-state index contributed by atoms with van der Waals surface area (Å²) in [4.78, 5) is 2.15. The SMILES string of the molecule is Cc1ccc2c(c1)C(Nc1cc(Br)ccc1N(C)C)CC2. The van der Waals surface area contributed by atoms with E-state index in [1.54, 1.807) is 0 Å². The molecule has 0 amide bonds. The van der Waals surface area contributed by atoms with Crippen molar-refractivity contribution < 1.29 is 0 Å². The third-order valence-electron chi connectivity index (χ3n) is 4.15. The molecule has 2 aromatic carbocycles. The zero-order valence-corrected chi connectivity index (χ0v) is 14.4. The van der Waals surface area contributed by atoms with E-state index in [-0.39, 0.29) is 0 Å². The molecule has 2 aromatic rings. The van der Waals surface area contributed by atoms with Gasteiger partial charge in [-0.2, -0.15) is 0 Å². The number of halogens is 1. The Labute approximate surface area is 135 Å². The summed E-state index contributed by atoms with van der Waals surface area (Å²) >= 11 is 3.58. The minimum absolute atomic E-state index is 0.410. The van der Waals surface area contributed by atoms with Gasteiger partial charge in [0.1, 0.15) is 0 Å². The molecule has 21 heavy (non-hydrogen) atoms. The van der Waals surface area contributed by atoms with Crippen LogP contribution in [0.15, 0.2) is 40.9 Å². The summed E-state index contributed by atoms with van der Waals surface area (Å²) in [5.41, 5.74) is 6.69. The molecular weight excluding hydrogens is 324 g/mol. The Morgan fingerprint density at radius 2 is 1.95 bits per heavy atom. The van der Waals surface area contributed by atoms with Crippen LogP contribution in [0.25, 0.3) is 0 Å². The molecule has 3 heteroatoms. The van der Waals surface area contributed by atoms with Crippen LogP contribution in [0.5, 0.6) is 0 Å². The molecule has 110 valence electrons. The maximum absolute atomic E-state index is 3.74. The maximum Gasteiger partial charge on any atom is 0.0597 e. The van der Waals surface area contributed by atoms with Crippen molar-refractivity contribution in [3.8, 4) is 0 Å². The lowest BCUT2D eigenvalue weighted by molar-refractivity contribution is 0.761. The van der Waals surface area contributed by atoms with E-state index in [9.17, 15) is 0 Å². The van der Waals surface area contributed by atoms with Gasteiger partial charge in [0.2, 0.25) is 0 Å². The molecule has 3 rings (SSSR count). The summed E-state index contributed by atoms with van der Waals surface area (Å²) in [7, 11) is 4.17. The highest BCUT2D eigenvalue weighted by atomic mass is 79.9. The quantitative estimate of drug-likeness (QED) is 0.849. The highest BCUT2D eigenvalue weighted by Gasteiger charge is 2.23. The first-order valence-corrected chi connectivity index (χ1v) is 8.17. The van der Waals surface area contributed by atoms with Gasteiger partial charge in [0, 0.05) is 18.6 Å². The molecule has 1 unspecified atom stereocenters. The average Bonchev–Trinajstić information content (AvgIpc) is 2.81. The number of hydrogen-bond donors (Lipinski definition) is 1. The molecule has 1 N–H and O–H groups in total. The van der Waals surface area contributed by atoms with Gasteiger partial charge in [-0.25, -0.2) is 0 Å². The third-order valence-corrected chi connectivity index (χ3v) is 4.64. The zero-order valence-electron chi connectivity index (χ0n) is 12.8. The molecule has 1 aliphatic rings. The number of fused-ring (bicyclic) bond motifs is 1. The summed E-state index contributed by atoms with van der Waals surface area (Å²) in [6.07, 6.45) is 2.33. The predicted octanol–water partition coefficient (Wildman–Crippen LogP) is 4.92. The Balaban J connectivity index is 1.93. The maximum atomic E-state index is 3.74. The van der Waals surface area contributed by atoms with Crippen LogP contribution in [0.3, 0.4) is 0 Å². The van der Waals surface area contributed by atoms with E-state index >= 15 is 0 Å². The molecule has 0 fully saturated rings. The molecule has 0 saturated carbocycles. The van der Waals surface area contributed by atoms with Gasteiger partial charge in [0.05, 0.1) is 17.4 Å². The summed E-state index contributed by atoms with van der Waals surface area (Å²) in [6, 6.07) is 13.6. The summed E-state index contributed by atoms with van der Waals surface area (Å²) < 4.78 is 1.11. The van der Waals surface area contributed by atoms with Crippen LogP contribution < -0.4 is 10.2 Å². The van der Waals surface area contributed by atoms with Crippen molar-refractivity contribution >= 4 is 27.3 Å². The first-order valence-electron chi connectivity index (χ1n) is 7.37. The highest BCUT2D eigenvalue weighted by molar-refractivity contribution is 9.10. The second kappa shape index (κ2) is 5.72. The van der Waals surface area contributed by atoms with Gasteiger partial charge in [-0.05, 0) is 49.1 Å². The minimum Gasteiger partial charge on any atom is -0.377 e. The van der Waals surface area contributed by atoms with Crippen molar-refractivity contribution in [1.29, 1.82) is 0 Å². The van der Waals surface area contributed by atoms with Crippen LogP contribution in [-0.4, -0.2) is 14.1 Å². The second-order valence-corrected chi connectivity index (χ2v) is 6.91. The smallest absolute Gasteiger partial charge is 0.0597 e. The standard InChI is InChI=1S/C18H21BrN2/c1-12-4-5-13-6-8-16(15(13)10-12)20-17-11-14(19)7-9-18(17)21(2)3/h4-5,7,9-11,16,20H,6,8H2,1-3H3. The van der Waals surface area contributed by atoms with E-state index in [2.05, 4.69) is 83.6 Å². The van der Waals surface area contributed by atoms with Crippen molar-refractivity contribution in [2.45, 2.75) is 25.8 Å². The van der Waals surface area contributed by atoms with E-state index < -0.39 is 0 Å². The number of hydrogen-bond acceptors (Lipinski definition) is 2. The van der Waals surface area contributed by atoms with Gasteiger partial charge in [0.25, 0.3) is 0 Å². The molecule has 0 radical (unpaired) electrons. The molecule has 0 aromatic heterocycles. The van der Waals surface area contributed by atoms with Gasteiger partial charge in [-0.1, -0.05) is 39.7 Å². The van der Waals surface area contributed by atoms with Crippen LogP contribution >= 0.6 is 15.9 Å². The molecule has 0 bridgehead atoms. The van der Waals surface area contributed by atoms with Crippen LogP contribution in [-0.2, 0) is 6.42 Å². The van der Waals surface area contributed by atoms with Gasteiger partial charge >= 0.3 is 0 Å². The largest absolute Gasteiger partial charge is 0.377 e. The Bertz CT molecular complexity index is 664. The lowest BCUT2D eigenvalue weighted by Gasteiger charge is -2.22. The van der Waals surface area contributed by atoms with E-state index in [4.69, 9.17) is 0 Å². The zero-order chi connectivity index (χ0) is 15.0. The van der Waals surface area contributed by atoms with Crippen molar-refractivity contribution in [1.82, 2.24) is 0 Å². The lowest BCUT2D eigenvalue weighted by Crippen LogP contribution is -2.14. The minimum atomic E-state index is 0.410. The molecule has 0 saturated heterocycles. The predicted molar refractivity (Wildman–Crippen MR) is 94.3 cm³/mol. The molecule has 1 atom stereocenters. The fourth-order valence-electron chi connectivity index (χ4n) is 3.07. The van der Waals surface area contributed by atoms with Crippen molar-refractivity contribution in [2.75, 3.05) is 24.3 Å². The van der Waals surface area contributed by atoms with Crippen LogP contribution in [0.2, 0.25) is 0 Å². The molecule has 0 spiro atoms. The summed E-state index contributed by atoms with van der Waals surface area (Å²) in [5.74, 6) is 0. The van der Waals surface area contributed by atoms with Gasteiger partial charge in [-0.3, -0.25) is 0 Å². The first-order chi connectivity index (χ1) is 10.0. The fraction of sp³-hybridized carbons (Fsp3) is 0.333. The van der Waals surface area contributed by atoms with Gasteiger partial charge in [-0.15, -0.1) is 0 Å². The third kappa shape index (κ3) is 2.93. The molecule has 2 nitrogen and oxygen atoms in total.